The minimum Gasteiger partial charge on any atom is -0.368 e. The van der Waals surface area contributed by atoms with Crippen molar-refractivity contribution in [1.82, 2.24) is 10.2 Å². The minimum atomic E-state index is 0.0839. The number of anilines is 1. The van der Waals surface area contributed by atoms with E-state index in [9.17, 15) is 4.79 Å². The van der Waals surface area contributed by atoms with Crippen LogP contribution in [0.4, 0.5) is 5.69 Å². The first-order valence-corrected chi connectivity index (χ1v) is 7.83. The average molecular weight is 285 g/mol. The van der Waals surface area contributed by atoms with E-state index in [1.807, 2.05) is 6.07 Å². The number of nitrogens with zero attached hydrogens (tertiary/aromatic N) is 2. The molecule has 0 atom stereocenters. The first kappa shape index (κ1) is 14.1. The monoisotopic (exact) mass is 285 g/mol. The quantitative estimate of drug-likeness (QED) is 0.859. The highest BCUT2D eigenvalue weighted by Gasteiger charge is 2.19. The maximum atomic E-state index is 11.7. The summed E-state index contributed by atoms with van der Waals surface area (Å²) < 4.78 is 0. The highest BCUT2D eigenvalue weighted by atomic mass is 16.1. The summed E-state index contributed by atoms with van der Waals surface area (Å²) in [5, 5.41) is 2.87. The van der Waals surface area contributed by atoms with Gasteiger partial charge in [0.05, 0.1) is 0 Å². The molecule has 2 heterocycles. The van der Waals surface area contributed by atoms with Gasteiger partial charge in [-0.1, -0.05) is 25.1 Å². The number of piperazine rings is 1. The molecule has 0 bridgehead atoms. The van der Waals surface area contributed by atoms with Crippen molar-refractivity contribution in [2.75, 3.05) is 44.2 Å². The zero-order chi connectivity index (χ0) is 14.7. The van der Waals surface area contributed by atoms with Gasteiger partial charge >= 0.3 is 0 Å². The van der Waals surface area contributed by atoms with Gasteiger partial charge in [0.25, 0.3) is 0 Å². The molecule has 0 spiro atoms. The Bertz CT molecular complexity index is 545. The Morgan fingerprint density at radius 1 is 1.19 bits per heavy atom. The van der Waals surface area contributed by atoms with Gasteiger partial charge in [-0.2, -0.15) is 0 Å². The fourth-order valence-corrected chi connectivity index (χ4v) is 3.07. The molecule has 3 rings (SSSR count). The number of likely N-dealkylation sites (N-methyl/N-ethyl adjacent to an activating group) is 1. The lowest BCUT2D eigenvalue weighted by molar-refractivity contribution is -0.116. The van der Waals surface area contributed by atoms with Gasteiger partial charge < -0.3 is 15.1 Å². The second-order valence-corrected chi connectivity index (χ2v) is 5.66. The molecule has 1 amide bonds. The number of carbonyl (C=O) groups is 1. The Morgan fingerprint density at radius 3 is 2.62 bits per heavy atom. The van der Waals surface area contributed by atoms with Crippen LogP contribution in [0, 0.1) is 0 Å². The summed E-state index contributed by atoms with van der Waals surface area (Å²) in [6.45, 7) is 8.44. The molecule has 4 nitrogen and oxygen atoms in total. The molecule has 2 saturated heterocycles. The summed E-state index contributed by atoms with van der Waals surface area (Å²) in [5.41, 5.74) is 3.31. The van der Waals surface area contributed by atoms with Crippen molar-refractivity contribution < 1.29 is 4.79 Å². The van der Waals surface area contributed by atoms with E-state index in [0.29, 0.717) is 0 Å². The van der Waals surface area contributed by atoms with Crippen LogP contribution in [0.25, 0.3) is 6.08 Å². The molecule has 4 heteroatoms. The smallest absolute Gasteiger partial charge is 0.247 e. The fraction of sp³-hybridized carbons (Fsp3) is 0.471. The second kappa shape index (κ2) is 6.31. The first-order valence-electron chi connectivity index (χ1n) is 7.83. The van der Waals surface area contributed by atoms with Gasteiger partial charge in [-0.05, 0) is 30.7 Å². The first-order chi connectivity index (χ1) is 10.3. The lowest BCUT2D eigenvalue weighted by Gasteiger charge is -2.36. The van der Waals surface area contributed by atoms with Crippen molar-refractivity contribution in [2.24, 2.45) is 0 Å². The van der Waals surface area contributed by atoms with E-state index < -0.39 is 0 Å². The summed E-state index contributed by atoms with van der Waals surface area (Å²) in [5.74, 6) is 0.0839. The van der Waals surface area contributed by atoms with Crippen molar-refractivity contribution in [3.63, 3.8) is 0 Å². The molecule has 1 aromatic carbocycles. The van der Waals surface area contributed by atoms with Gasteiger partial charge in [0.15, 0.2) is 0 Å². The van der Waals surface area contributed by atoms with Crippen molar-refractivity contribution in [1.29, 1.82) is 0 Å². The average Bonchev–Trinajstić information content (AvgIpc) is 2.93. The van der Waals surface area contributed by atoms with E-state index in [4.69, 9.17) is 0 Å². The zero-order valence-corrected chi connectivity index (χ0v) is 12.6. The Hall–Kier alpha value is -1.81. The lowest BCUT2D eigenvalue weighted by atomic mass is 10.1. The predicted molar refractivity (Wildman–Crippen MR) is 86.4 cm³/mol. The summed E-state index contributed by atoms with van der Waals surface area (Å²) in [6, 6.07) is 8.41. The predicted octanol–water partition coefficient (Wildman–Crippen LogP) is 1.73. The number of carbonyl (C=O) groups excluding carboxylic acids is 1. The van der Waals surface area contributed by atoms with E-state index in [1.54, 1.807) is 0 Å². The minimum absolute atomic E-state index is 0.0839. The molecule has 0 aliphatic carbocycles. The summed E-state index contributed by atoms with van der Waals surface area (Å²) >= 11 is 0. The lowest BCUT2D eigenvalue weighted by Crippen LogP contribution is -2.46. The van der Waals surface area contributed by atoms with Crippen molar-refractivity contribution in [3.8, 4) is 0 Å². The van der Waals surface area contributed by atoms with Crippen LogP contribution in [0.2, 0.25) is 0 Å². The molecular weight excluding hydrogens is 262 g/mol. The van der Waals surface area contributed by atoms with Crippen LogP contribution >= 0.6 is 0 Å². The Morgan fingerprint density at radius 2 is 1.95 bits per heavy atom. The molecule has 0 unspecified atom stereocenters. The molecule has 0 radical (unpaired) electrons. The van der Waals surface area contributed by atoms with Crippen LogP contribution in [0.1, 0.15) is 18.9 Å². The molecule has 21 heavy (non-hydrogen) atoms. The van der Waals surface area contributed by atoms with E-state index in [0.717, 1.165) is 56.8 Å². The van der Waals surface area contributed by atoms with Gasteiger partial charge in [-0.15, -0.1) is 0 Å². The normalized spacial score (nSPS) is 21.9. The highest BCUT2D eigenvalue weighted by Crippen LogP contribution is 2.25. The van der Waals surface area contributed by atoms with Crippen LogP contribution in [0.3, 0.4) is 0 Å². The third-order valence-corrected chi connectivity index (χ3v) is 4.40. The van der Waals surface area contributed by atoms with E-state index in [-0.39, 0.29) is 5.91 Å². The number of rotatable bonds is 3. The number of benzene rings is 1. The zero-order valence-electron chi connectivity index (χ0n) is 12.6. The molecule has 1 aromatic rings. The van der Waals surface area contributed by atoms with Gasteiger partial charge in [0.2, 0.25) is 5.91 Å². The Kier molecular flexibility index (Phi) is 4.25. The Balaban J connectivity index is 1.82. The molecule has 0 aromatic heterocycles. The molecule has 1 N–H and O–H groups in total. The topological polar surface area (TPSA) is 35.6 Å². The molecule has 0 saturated carbocycles. The number of hydrogen-bond acceptors (Lipinski definition) is 3. The van der Waals surface area contributed by atoms with Crippen molar-refractivity contribution in [3.05, 3.63) is 35.4 Å². The maximum absolute atomic E-state index is 11.7. The van der Waals surface area contributed by atoms with E-state index in [1.165, 1.54) is 5.69 Å². The summed E-state index contributed by atoms with van der Waals surface area (Å²) in [6.07, 6.45) is 2.89. The van der Waals surface area contributed by atoms with Crippen LogP contribution in [0.5, 0.6) is 0 Å². The van der Waals surface area contributed by atoms with Gasteiger partial charge in [0.1, 0.15) is 0 Å². The molecule has 2 fully saturated rings. The fourth-order valence-electron chi connectivity index (χ4n) is 3.07. The number of nitrogens with one attached hydrogen (secondary N) is 1. The third-order valence-electron chi connectivity index (χ3n) is 4.40. The van der Waals surface area contributed by atoms with Gasteiger partial charge in [0, 0.05) is 44.0 Å². The number of hydrogen-bond donors (Lipinski definition) is 1. The SMILES string of the molecule is CCN1CCN(c2ccccc2/C=C2\CCNC2=O)CC1. The largest absolute Gasteiger partial charge is 0.368 e. The highest BCUT2D eigenvalue weighted by molar-refractivity contribution is 6.00. The molecular formula is C17H23N3O. The number of para-hydroxylation sites is 1. The number of amides is 1. The van der Waals surface area contributed by atoms with Crippen molar-refractivity contribution >= 4 is 17.7 Å². The molecule has 112 valence electrons. The van der Waals surface area contributed by atoms with Crippen LogP contribution < -0.4 is 10.2 Å². The van der Waals surface area contributed by atoms with E-state index >= 15 is 0 Å². The van der Waals surface area contributed by atoms with Gasteiger partial charge in [-0.25, -0.2) is 0 Å². The molecule has 2 aliphatic rings. The van der Waals surface area contributed by atoms with Crippen LogP contribution in [0.15, 0.2) is 29.8 Å². The third kappa shape index (κ3) is 3.10. The van der Waals surface area contributed by atoms with E-state index in [2.05, 4.69) is 46.3 Å². The van der Waals surface area contributed by atoms with Crippen molar-refractivity contribution in [2.45, 2.75) is 13.3 Å². The maximum Gasteiger partial charge on any atom is 0.247 e. The Labute approximate surface area is 126 Å². The summed E-state index contributed by atoms with van der Waals surface area (Å²) in [4.78, 5) is 16.7. The van der Waals surface area contributed by atoms with Crippen LogP contribution in [-0.2, 0) is 4.79 Å². The molecule has 2 aliphatic heterocycles. The summed E-state index contributed by atoms with van der Waals surface area (Å²) in [7, 11) is 0. The van der Waals surface area contributed by atoms with Crippen LogP contribution in [-0.4, -0.2) is 50.1 Å². The standard InChI is InChI=1S/C17H23N3O/c1-2-19-9-11-20(12-10-19)16-6-4-3-5-14(16)13-15-7-8-18-17(15)21/h3-6,13H,2,7-12H2,1H3,(H,18,21)/b15-13+. The van der Waals surface area contributed by atoms with Gasteiger partial charge in [-0.3, -0.25) is 4.79 Å². The second-order valence-electron chi connectivity index (χ2n) is 5.66.